The zero-order valence-corrected chi connectivity index (χ0v) is 22.5. The summed E-state index contributed by atoms with van der Waals surface area (Å²) in [5.41, 5.74) is 4.44. The number of aryl methyl sites for hydroxylation is 1. The van der Waals surface area contributed by atoms with Crippen LogP contribution >= 0.6 is 0 Å². The van der Waals surface area contributed by atoms with Crippen molar-refractivity contribution in [2.24, 2.45) is 0 Å². The number of nitrogens with one attached hydrogen (secondary N) is 1. The summed E-state index contributed by atoms with van der Waals surface area (Å²) in [4.78, 5) is 43.2. The molecule has 0 spiro atoms. The quantitative estimate of drug-likeness (QED) is 0.511. The van der Waals surface area contributed by atoms with Crippen LogP contribution in [0.1, 0.15) is 53.2 Å². The first-order valence-corrected chi connectivity index (χ1v) is 13.3. The Morgan fingerprint density at radius 1 is 1.08 bits per heavy atom. The van der Waals surface area contributed by atoms with Gasteiger partial charge in [0.1, 0.15) is 0 Å². The van der Waals surface area contributed by atoms with Crippen molar-refractivity contribution >= 4 is 17.8 Å². The van der Waals surface area contributed by atoms with Gasteiger partial charge in [0.25, 0.3) is 5.91 Å². The molecule has 2 aromatic rings. The van der Waals surface area contributed by atoms with Gasteiger partial charge in [-0.05, 0) is 49.6 Å². The number of rotatable bonds is 9. The number of allylic oxidation sites excluding steroid dienone is 1. The number of morpholine rings is 1. The monoisotopic (exact) mass is 519 g/mol. The lowest BCUT2D eigenvalue weighted by Crippen LogP contribution is -2.41. The molecule has 8 heteroatoms. The summed E-state index contributed by atoms with van der Waals surface area (Å²) in [6.45, 7) is 10.6. The zero-order valence-electron chi connectivity index (χ0n) is 22.5. The summed E-state index contributed by atoms with van der Waals surface area (Å²) < 4.78 is 10.8. The van der Waals surface area contributed by atoms with Crippen LogP contribution in [0.25, 0.3) is 0 Å². The van der Waals surface area contributed by atoms with Crippen molar-refractivity contribution in [1.82, 2.24) is 15.1 Å². The molecule has 1 N–H and O–H groups in total. The van der Waals surface area contributed by atoms with E-state index in [-0.39, 0.29) is 37.3 Å². The van der Waals surface area contributed by atoms with Crippen molar-refractivity contribution in [2.75, 3.05) is 46.0 Å². The van der Waals surface area contributed by atoms with E-state index >= 15 is 0 Å². The van der Waals surface area contributed by atoms with Crippen molar-refractivity contribution in [1.29, 1.82) is 0 Å². The minimum Gasteiger partial charge on any atom is -0.463 e. The highest BCUT2D eigenvalue weighted by atomic mass is 16.5. The predicted molar refractivity (Wildman–Crippen MR) is 144 cm³/mol. The highest BCUT2D eigenvalue weighted by Crippen LogP contribution is 2.38. The fourth-order valence-corrected chi connectivity index (χ4v) is 5.17. The number of carbonyl (C=O) groups is 3. The third-order valence-electron chi connectivity index (χ3n) is 7.23. The van der Waals surface area contributed by atoms with Crippen LogP contribution in [0.3, 0.4) is 0 Å². The Hall–Kier alpha value is -3.49. The average molecular weight is 520 g/mol. The molecule has 38 heavy (non-hydrogen) atoms. The summed E-state index contributed by atoms with van der Waals surface area (Å²) >= 11 is 0. The number of nitrogens with zero attached hydrogens (tertiary/aromatic N) is 2. The average Bonchev–Trinajstić information content (AvgIpc) is 2.92. The van der Waals surface area contributed by atoms with Crippen LogP contribution in [-0.4, -0.2) is 73.6 Å². The van der Waals surface area contributed by atoms with E-state index in [9.17, 15) is 14.4 Å². The molecule has 8 nitrogen and oxygen atoms in total. The van der Waals surface area contributed by atoms with Crippen LogP contribution in [0.15, 0.2) is 59.8 Å². The van der Waals surface area contributed by atoms with Gasteiger partial charge in [-0.2, -0.15) is 0 Å². The van der Waals surface area contributed by atoms with Gasteiger partial charge in [0.15, 0.2) is 0 Å². The van der Waals surface area contributed by atoms with Crippen LogP contribution in [0.2, 0.25) is 0 Å². The fourth-order valence-electron chi connectivity index (χ4n) is 5.17. The lowest BCUT2D eigenvalue weighted by Gasteiger charge is -2.35. The Bertz CT molecular complexity index is 1200. The van der Waals surface area contributed by atoms with Gasteiger partial charge < -0.3 is 19.7 Å². The standard InChI is InChI=1S/C30H37N3O5/c1-4-38-30(36)28-22(3)33(27(34)19-26(28)25-11-6-5-8-21(25)2)20-23-9-7-10-24(18-23)29(35)31-12-13-32-14-16-37-17-15-32/h5-11,18,26H,4,12-17,19-20H2,1-3H3,(H,31,35). The molecule has 1 atom stereocenters. The minimum absolute atomic E-state index is 0.0656. The zero-order chi connectivity index (χ0) is 27.1. The molecule has 2 amide bonds. The molecule has 1 fully saturated rings. The van der Waals surface area contributed by atoms with E-state index in [4.69, 9.17) is 9.47 Å². The lowest BCUT2D eigenvalue weighted by molar-refractivity contribution is -0.140. The van der Waals surface area contributed by atoms with Gasteiger partial charge in [0.2, 0.25) is 5.91 Å². The van der Waals surface area contributed by atoms with Gasteiger partial charge in [0.05, 0.1) is 31.9 Å². The van der Waals surface area contributed by atoms with Crippen LogP contribution in [0, 0.1) is 6.92 Å². The maximum absolute atomic E-state index is 13.4. The molecule has 2 aromatic carbocycles. The molecule has 2 heterocycles. The van der Waals surface area contributed by atoms with Gasteiger partial charge in [-0.15, -0.1) is 0 Å². The Morgan fingerprint density at radius 3 is 2.58 bits per heavy atom. The van der Waals surface area contributed by atoms with Crippen molar-refractivity contribution in [2.45, 2.75) is 39.7 Å². The van der Waals surface area contributed by atoms with E-state index in [2.05, 4.69) is 10.2 Å². The smallest absolute Gasteiger partial charge is 0.336 e. The molecule has 0 aromatic heterocycles. The van der Waals surface area contributed by atoms with Gasteiger partial charge in [-0.25, -0.2) is 4.79 Å². The number of amides is 2. The first-order valence-electron chi connectivity index (χ1n) is 13.3. The van der Waals surface area contributed by atoms with Gasteiger partial charge in [0, 0.05) is 49.8 Å². The molecule has 0 aliphatic carbocycles. The third kappa shape index (κ3) is 6.49. The second-order valence-electron chi connectivity index (χ2n) is 9.72. The van der Waals surface area contributed by atoms with Crippen molar-refractivity contribution in [3.8, 4) is 0 Å². The molecule has 1 unspecified atom stereocenters. The summed E-state index contributed by atoms with van der Waals surface area (Å²) in [5, 5.41) is 2.99. The number of hydrogen-bond acceptors (Lipinski definition) is 6. The maximum atomic E-state index is 13.4. The molecule has 0 saturated carbocycles. The topological polar surface area (TPSA) is 88.2 Å². The summed E-state index contributed by atoms with van der Waals surface area (Å²) in [6.07, 6.45) is 0.179. The van der Waals surface area contributed by atoms with Crippen molar-refractivity contribution < 1.29 is 23.9 Å². The molecular formula is C30H37N3O5. The van der Waals surface area contributed by atoms with Gasteiger partial charge in [-0.3, -0.25) is 14.5 Å². The van der Waals surface area contributed by atoms with Crippen LogP contribution in [0.4, 0.5) is 0 Å². The Balaban J connectivity index is 1.51. The maximum Gasteiger partial charge on any atom is 0.336 e. The van der Waals surface area contributed by atoms with E-state index in [1.54, 1.807) is 24.8 Å². The van der Waals surface area contributed by atoms with Gasteiger partial charge >= 0.3 is 5.97 Å². The Morgan fingerprint density at radius 2 is 1.84 bits per heavy atom. The minimum atomic E-state index is -0.399. The number of ether oxygens (including phenoxy) is 2. The first-order chi connectivity index (χ1) is 18.4. The molecule has 1 saturated heterocycles. The fraction of sp³-hybridized carbons (Fsp3) is 0.433. The van der Waals surface area contributed by atoms with E-state index in [1.165, 1.54) is 0 Å². The second kappa shape index (κ2) is 12.8. The van der Waals surface area contributed by atoms with E-state index in [1.807, 2.05) is 49.4 Å². The number of carbonyl (C=O) groups excluding carboxylic acids is 3. The Labute approximate surface area is 224 Å². The second-order valence-corrected chi connectivity index (χ2v) is 9.72. The van der Waals surface area contributed by atoms with Crippen molar-refractivity contribution in [3.63, 3.8) is 0 Å². The predicted octanol–water partition coefficient (Wildman–Crippen LogP) is 3.41. The van der Waals surface area contributed by atoms with E-state index in [0.29, 0.717) is 23.4 Å². The largest absolute Gasteiger partial charge is 0.463 e. The normalized spacial score (nSPS) is 18.4. The third-order valence-corrected chi connectivity index (χ3v) is 7.23. The number of hydrogen-bond donors (Lipinski definition) is 1. The highest BCUT2D eigenvalue weighted by Gasteiger charge is 2.37. The molecule has 0 bridgehead atoms. The number of benzene rings is 2. The van der Waals surface area contributed by atoms with Crippen molar-refractivity contribution in [3.05, 3.63) is 82.1 Å². The molecule has 2 aliphatic rings. The molecule has 4 rings (SSSR count). The summed E-state index contributed by atoms with van der Waals surface area (Å²) in [5.74, 6) is -0.972. The summed E-state index contributed by atoms with van der Waals surface area (Å²) in [6, 6.07) is 15.1. The van der Waals surface area contributed by atoms with Crippen LogP contribution in [-0.2, 0) is 25.6 Å². The van der Waals surface area contributed by atoms with Gasteiger partial charge in [-0.1, -0.05) is 36.4 Å². The molecular weight excluding hydrogens is 482 g/mol. The van der Waals surface area contributed by atoms with Crippen LogP contribution < -0.4 is 5.32 Å². The molecule has 0 radical (unpaired) electrons. The van der Waals surface area contributed by atoms with Crippen LogP contribution in [0.5, 0.6) is 0 Å². The van der Waals surface area contributed by atoms with E-state index in [0.717, 1.165) is 49.5 Å². The number of esters is 1. The highest BCUT2D eigenvalue weighted by molar-refractivity contribution is 5.96. The molecule has 202 valence electrons. The van der Waals surface area contributed by atoms with E-state index < -0.39 is 5.97 Å². The SMILES string of the molecule is CCOC(=O)C1=C(C)N(Cc2cccc(C(=O)NCCN3CCOCC3)c2)C(=O)CC1c1ccccc1C. The first kappa shape index (κ1) is 27.5. The summed E-state index contributed by atoms with van der Waals surface area (Å²) in [7, 11) is 0. The Kier molecular flexibility index (Phi) is 9.31. The lowest BCUT2D eigenvalue weighted by atomic mass is 9.81. The molecule has 2 aliphatic heterocycles.